The number of halogens is 3. The molecule has 0 aliphatic carbocycles. The van der Waals surface area contributed by atoms with Crippen LogP contribution in [0.3, 0.4) is 0 Å². The number of pyridine rings is 1. The number of ether oxygens (including phenoxy) is 1. The van der Waals surface area contributed by atoms with Crippen molar-refractivity contribution < 1.29 is 26.3 Å². The number of hydrogen-bond donors (Lipinski definition) is 1. The smallest absolute Gasteiger partial charge is 0.433 e. The molecule has 174 valence electrons. The molecule has 12 heteroatoms. The highest BCUT2D eigenvalue weighted by atomic mass is 32.2. The Labute approximate surface area is 191 Å². The molecule has 1 N–H and O–H groups in total. The first-order valence-corrected chi connectivity index (χ1v) is 12.0. The average Bonchev–Trinajstić information content (AvgIpc) is 3.39. The van der Waals surface area contributed by atoms with Crippen molar-refractivity contribution in [3.63, 3.8) is 0 Å². The Kier molecular flexibility index (Phi) is 6.16. The van der Waals surface area contributed by atoms with E-state index in [-0.39, 0.29) is 16.5 Å². The van der Waals surface area contributed by atoms with Crippen LogP contribution in [0.15, 0.2) is 59.1 Å². The molecule has 3 heterocycles. The lowest BCUT2D eigenvalue weighted by molar-refractivity contribution is -0.143. The van der Waals surface area contributed by atoms with Gasteiger partial charge in [-0.15, -0.1) is 11.3 Å². The van der Waals surface area contributed by atoms with E-state index in [0.29, 0.717) is 10.6 Å². The molecule has 7 nitrogen and oxygen atoms in total. The standard InChI is InChI=1S/C21H19F3N4O3S2/c1-13(12-31-17-5-3-4-14-11-25-9-8-15(14)17)27-33(29,30)20-7-6-18(32-20)16-10-19(21(22,23)24)28(2)26-16/h3-11,13,27H,12H2,1-2H3/t13-/m0/s1. The Bertz CT molecular complexity index is 1390. The minimum atomic E-state index is -4.55. The van der Waals surface area contributed by atoms with Crippen LogP contribution in [0, 0.1) is 0 Å². The Morgan fingerprint density at radius 3 is 2.73 bits per heavy atom. The zero-order valence-electron chi connectivity index (χ0n) is 17.5. The van der Waals surface area contributed by atoms with Crippen LogP contribution in [-0.2, 0) is 23.2 Å². The van der Waals surface area contributed by atoms with Crippen molar-refractivity contribution in [1.82, 2.24) is 19.5 Å². The lowest BCUT2D eigenvalue weighted by Crippen LogP contribution is -2.36. The van der Waals surface area contributed by atoms with Gasteiger partial charge >= 0.3 is 6.18 Å². The number of rotatable bonds is 7. The minimum Gasteiger partial charge on any atom is -0.491 e. The molecule has 0 aliphatic heterocycles. The maximum atomic E-state index is 13.0. The van der Waals surface area contributed by atoms with Crippen LogP contribution >= 0.6 is 11.3 Å². The number of aromatic nitrogens is 3. The summed E-state index contributed by atoms with van der Waals surface area (Å²) in [7, 11) is -2.72. The topological polar surface area (TPSA) is 86.1 Å². The monoisotopic (exact) mass is 496 g/mol. The number of alkyl halides is 3. The van der Waals surface area contributed by atoms with Gasteiger partial charge in [-0.05, 0) is 37.3 Å². The summed E-state index contributed by atoms with van der Waals surface area (Å²) in [4.78, 5) is 4.38. The van der Waals surface area contributed by atoms with Crippen molar-refractivity contribution in [2.75, 3.05) is 6.61 Å². The number of nitrogens with zero attached hydrogens (tertiary/aromatic N) is 3. The molecule has 0 bridgehead atoms. The number of nitrogens with one attached hydrogen (secondary N) is 1. The zero-order chi connectivity index (χ0) is 23.8. The van der Waals surface area contributed by atoms with E-state index < -0.39 is 27.9 Å². The average molecular weight is 497 g/mol. The molecular formula is C21H19F3N4O3S2. The highest BCUT2D eigenvalue weighted by molar-refractivity contribution is 7.91. The second-order valence-corrected chi connectivity index (χ2v) is 10.4. The first-order chi connectivity index (χ1) is 15.5. The molecule has 0 unspecified atom stereocenters. The maximum absolute atomic E-state index is 13.0. The Morgan fingerprint density at radius 1 is 1.21 bits per heavy atom. The van der Waals surface area contributed by atoms with E-state index in [9.17, 15) is 21.6 Å². The molecule has 33 heavy (non-hydrogen) atoms. The second kappa shape index (κ2) is 8.76. The van der Waals surface area contributed by atoms with Crippen LogP contribution in [-0.4, -0.2) is 35.8 Å². The van der Waals surface area contributed by atoms with Gasteiger partial charge in [0.15, 0.2) is 0 Å². The van der Waals surface area contributed by atoms with Crippen molar-refractivity contribution in [2.24, 2.45) is 7.05 Å². The number of fused-ring (bicyclic) bond motifs is 1. The summed E-state index contributed by atoms with van der Waals surface area (Å²) in [6.07, 6.45) is -1.19. The van der Waals surface area contributed by atoms with Crippen molar-refractivity contribution in [3.8, 4) is 16.3 Å². The van der Waals surface area contributed by atoms with Gasteiger partial charge in [0.2, 0.25) is 10.0 Å². The largest absolute Gasteiger partial charge is 0.491 e. The molecule has 0 saturated carbocycles. The van der Waals surface area contributed by atoms with Gasteiger partial charge in [0.05, 0.1) is 10.9 Å². The fraction of sp³-hybridized carbons (Fsp3) is 0.238. The molecule has 0 amide bonds. The summed E-state index contributed by atoms with van der Waals surface area (Å²) in [6, 6.07) is 10.4. The zero-order valence-corrected chi connectivity index (χ0v) is 19.1. The van der Waals surface area contributed by atoms with Gasteiger partial charge in [0.1, 0.15) is 28.0 Å². The van der Waals surface area contributed by atoms with Crippen LogP contribution in [0.2, 0.25) is 0 Å². The van der Waals surface area contributed by atoms with Gasteiger partial charge in [-0.25, -0.2) is 13.1 Å². The van der Waals surface area contributed by atoms with E-state index in [1.165, 1.54) is 19.2 Å². The van der Waals surface area contributed by atoms with Crippen molar-refractivity contribution in [2.45, 2.75) is 23.4 Å². The van der Waals surface area contributed by atoms with Gasteiger partial charge in [-0.2, -0.15) is 18.3 Å². The molecule has 1 atom stereocenters. The molecule has 4 aromatic rings. The van der Waals surface area contributed by atoms with Crippen LogP contribution in [0.25, 0.3) is 21.3 Å². The SMILES string of the molecule is C[C@@H](COc1cccc2cnccc12)NS(=O)(=O)c1ccc(-c2cc(C(F)(F)F)n(C)n2)s1. The lowest BCUT2D eigenvalue weighted by atomic mass is 10.1. The fourth-order valence-electron chi connectivity index (χ4n) is 3.25. The second-order valence-electron chi connectivity index (χ2n) is 7.34. The maximum Gasteiger partial charge on any atom is 0.433 e. The third kappa shape index (κ3) is 5.02. The van der Waals surface area contributed by atoms with E-state index in [0.717, 1.165) is 32.9 Å². The van der Waals surface area contributed by atoms with Crippen LogP contribution < -0.4 is 9.46 Å². The van der Waals surface area contributed by atoms with E-state index in [4.69, 9.17) is 4.74 Å². The Balaban J connectivity index is 1.45. The summed E-state index contributed by atoms with van der Waals surface area (Å²) in [6.45, 7) is 1.74. The summed E-state index contributed by atoms with van der Waals surface area (Å²) in [5.74, 6) is 0.606. The molecule has 0 aliphatic rings. The summed E-state index contributed by atoms with van der Waals surface area (Å²) in [5.41, 5.74) is -0.860. The van der Waals surface area contributed by atoms with Gasteiger partial charge in [-0.3, -0.25) is 9.67 Å². The van der Waals surface area contributed by atoms with E-state index in [1.54, 1.807) is 25.4 Å². The quantitative estimate of drug-likeness (QED) is 0.408. The third-order valence-electron chi connectivity index (χ3n) is 4.75. The van der Waals surface area contributed by atoms with E-state index >= 15 is 0 Å². The molecule has 0 saturated heterocycles. The molecular weight excluding hydrogens is 477 g/mol. The minimum absolute atomic E-state index is 0.0280. The highest BCUT2D eigenvalue weighted by Crippen LogP contribution is 2.35. The Hall–Kier alpha value is -2.96. The molecule has 4 rings (SSSR count). The summed E-state index contributed by atoms with van der Waals surface area (Å²) >= 11 is 0.843. The van der Waals surface area contributed by atoms with E-state index in [1.807, 2.05) is 18.2 Å². The fourth-order valence-corrected chi connectivity index (χ4v) is 5.75. The Morgan fingerprint density at radius 2 is 2.00 bits per heavy atom. The predicted octanol–water partition coefficient (Wildman–Crippen LogP) is 4.46. The number of aryl methyl sites for hydroxylation is 1. The van der Waals surface area contributed by atoms with Gasteiger partial charge in [-0.1, -0.05) is 12.1 Å². The third-order valence-corrected chi connectivity index (χ3v) is 7.94. The molecule has 1 aromatic carbocycles. The van der Waals surface area contributed by atoms with Crippen molar-refractivity contribution in [1.29, 1.82) is 0 Å². The van der Waals surface area contributed by atoms with E-state index in [2.05, 4.69) is 14.8 Å². The van der Waals surface area contributed by atoms with Crippen LogP contribution in [0.1, 0.15) is 12.6 Å². The van der Waals surface area contributed by atoms with Gasteiger partial charge in [0.25, 0.3) is 0 Å². The summed E-state index contributed by atoms with van der Waals surface area (Å²) < 4.78 is 73.7. The number of hydrogen-bond acceptors (Lipinski definition) is 6. The van der Waals surface area contributed by atoms with Crippen molar-refractivity contribution >= 4 is 32.1 Å². The number of thiophene rings is 1. The molecule has 3 aromatic heterocycles. The van der Waals surface area contributed by atoms with Gasteiger partial charge < -0.3 is 4.74 Å². The van der Waals surface area contributed by atoms with Crippen LogP contribution in [0.5, 0.6) is 5.75 Å². The van der Waals surface area contributed by atoms with Crippen LogP contribution in [0.4, 0.5) is 13.2 Å². The molecule has 0 radical (unpaired) electrons. The first kappa shape index (κ1) is 23.2. The summed E-state index contributed by atoms with van der Waals surface area (Å²) in [5, 5.41) is 5.62. The number of sulfonamides is 1. The normalized spacial score (nSPS) is 13.4. The molecule has 0 fully saturated rings. The highest BCUT2D eigenvalue weighted by Gasteiger charge is 2.35. The molecule has 0 spiro atoms. The van der Waals surface area contributed by atoms with Crippen molar-refractivity contribution in [3.05, 3.63) is 60.6 Å². The lowest BCUT2D eigenvalue weighted by Gasteiger charge is -2.15. The first-order valence-electron chi connectivity index (χ1n) is 9.74. The van der Waals surface area contributed by atoms with Gasteiger partial charge in [0, 0.05) is 30.2 Å². The number of benzene rings is 1. The predicted molar refractivity (Wildman–Crippen MR) is 119 cm³/mol.